The number of methoxy groups -OCH3 is 2. The third kappa shape index (κ3) is 7.11. The minimum absolute atomic E-state index is 0.143. The molecule has 0 atom stereocenters. The molecule has 0 unspecified atom stereocenters. The Morgan fingerprint density at radius 2 is 1.67 bits per heavy atom. The summed E-state index contributed by atoms with van der Waals surface area (Å²) < 4.78 is 36.1. The molecule has 0 aliphatic rings. The number of nitrogens with one attached hydrogen (secondary N) is 2. The van der Waals surface area contributed by atoms with Crippen molar-refractivity contribution in [2.24, 2.45) is 0 Å². The van der Waals surface area contributed by atoms with Crippen molar-refractivity contribution in [1.29, 1.82) is 0 Å². The number of sulfonamides is 1. The van der Waals surface area contributed by atoms with Crippen LogP contribution in [-0.4, -0.2) is 47.7 Å². The van der Waals surface area contributed by atoms with Gasteiger partial charge in [-0.15, -0.1) is 0 Å². The van der Waals surface area contributed by atoms with E-state index in [0.717, 1.165) is 11.1 Å². The molecule has 0 spiro atoms. The molecule has 2 aromatic carbocycles. The first-order valence-electron chi connectivity index (χ1n) is 9.07. The van der Waals surface area contributed by atoms with Gasteiger partial charge in [0.2, 0.25) is 15.9 Å². The van der Waals surface area contributed by atoms with Crippen molar-refractivity contribution in [3.05, 3.63) is 71.3 Å². The van der Waals surface area contributed by atoms with Crippen LogP contribution in [0.1, 0.15) is 21.5 Å². The molecule has 0 bridgehead atoms. The maximum absolute atomic E-state index is 12.1. The number of amides is 1. The van der Waals surface area contributed by atoms with E-state index in [0.29, 0.717) is 5.56 Å². The van der Waals surface area contributed by atoms with Gasteiger partial charge in [0.25, 0.3) is 0 Å². The SMILES string of the molecule is COCCNS(=O)(=O)c1ccc(CNC(=O)/C=C/c2ccc(C(=O)OC)cc2)cc1. The normalized spacial score (nSPS) is 11.4. The van der Waals surface area contributed by atoms with E-state index < -0.39 is 16.0 Å². The Hall–Kier alpha value is -3.01. The standard InChI is InChI=1S/C21H24N2O6S/c1-28-14-13-23-30(26,27)19-10-5-17(6-11-19)15-22-20(24)12-7-16-3-8-18(9-4-16)21(25)29-2/h3-12,23H,13-15H2,1-2H3,(H,22,24)/b12-7+. The van der Waals surface area contributed by atoms with Gasteiger partial charge in [-0.1, -0.05) is 24.3 Å². The van der Waals surface area contributed by atoms with Crippen LogP contribution in [0.4, 0.5) is 0 Å². The maximum atomic E-state index is 12.1. The first-order chi connectivity index (χ1) is 14.4. The lowest BCUT2D eigenvalue weighted by molar-refractivity contribution is -0.116. The van der Waals surface area contributed by atoms with E-state index in [1.54, 1.807) is 42.5 Å². The molecule has 0 heterocycles. The molecule has 2 N–H and O–H groups in total. The fraction of sp³-hybridized carbons (Fsp3) is 0.238. The highest BCUT2D eigenvalue weighted by atomic mass is 32.2. The third-order valence-electron chi connectivity index (χ3n) is 4.06. The van der Waals surface area contributed by atoms with Gasteiger partial charge in [-0.05, 0) is 41.5 Å². The zero-order valence-electron chi connectivity index (χ0n) is 16.8. The molecule has 0 saturated heterocycles. The van der Waals surface area contributed by atoms with E-state index in [1.807, 2.05) is 0 Å². The molecule has 0 aromatic heterocycles. The summed E-state index contributed by atoms with van der Waals surface area (Å²) in [5.41, 5.74) is 1.95. The number of hydrogen-bond acceptors (Lipinski definition) is 6. The summed E-state index contributed by atoms with van der Waals surface area (Å²) in [6, 6.07) is 12.9. The largest absolute Gasteiger partial charge is 0.465 e. The van der Waals surface area contributed by atoms with Crippen LogP contribution in [-0.2, 0) is 30.8 Å². The monoisotopic (exact) mass is 432 g/mol. The van der Waals surface area contributed by atoms with Crippen LogP contribution in [0.3, 0.4) is 0 Å². The molecule has 0 saturated carbocycles. The van der Waals surface area contributed by atoms with Crippen LogP contribution in [0.5, 0.6) is 0 Å². The summed E-state index contributed by atoms with van der Waals surface area (Å²) in [6.45, 7) is 0.725. The second kappa shape index (κ2) is 11.2. The fourth-order valence-electron chi connectivity index (χ4n) is 2.42. The molecule has 8 nitrogen and oxygen atoms in total. The summed E-state index contributed by atoms with van der Waals surface area (Å²) in [5, 5.41) is 2.73. The first-order valence-corrected chi connectivity index (χ1v) is 10.6. The summed E-state index contributed by atoms with van der Waals surface area (Å²) in [4.78, 5) is 23.5. The van der Waals surface area contributed by atoms with E-state index >= 15 is 0 Å². The minimum atomic E-state index is -3.59. The predicted molar refractivity (Wildman–Crippen MR) is 112 cm³/mol. The van der Waals surface area contributed by atoms with Gasteiger partial charge in [0, 0.05) is 26.3 Å². The van der Waals surface area contributed by atoms with Crippen LogP contribution >= 0.6 is 0 Å². The van der Waals surface area contributed by atoms with Crippen molar-refractivity contribution in [3.63, 3.8) is 0 Å². The van der Waals surface area contributed by atoms with Crippen LogP contribution in [0.15, 0.2) is 59.5 Å². The van der Waals surface area contributed by atoms with Crippen molar-refractivity contribution < 1.29 is 27.5 Å². The van der Waals surface area contributed by atoms with Crippen molar-refractivity contribution in [2.75, 3.05) is 27.4 Å². The second-order valence-electron chi connectivity index (χ2n) is 6.20. The van der Waals surface area contributed by atoms with Crippen LogP contribution in [0.25, 0.3) is 6.08 Å². The Morgan fingerprint density at radius 3 is 2.27 bits per heavy atom. The van der Waals surface area contributed by atoms with Gasteiger partial charge >= 0.3 is 5.97 Å². The topological polar surface area (TPSA) is 111 Å². The third-order valence-corrected chi connectivity index (χ3v) is 5.53. The molecule has 2 aromatic rings. The van der Waals surface area contributed by atoms with Crippen molar-refractivity contribution in [2.45, 2.75) is 11.4 Å². The Labute approximate surface area is 175 Å². The van der Waals surface area contributed by atoms with E-state index in [9.17, 15) is 18.0 Å². The van der Waals surface area contributed by atoms with Crippen LogP contribution < -0.4 is 10.0 Å². The zero-order valence-corrected chi connectivity index (χ0v) is 17.6. The fourth-order valence-corrected chi connectivity index (χ4v) is 3.43. The van der Waals surface area contributed by atoms with E-state index in [2.05, 4.69) is 14.8 Å². The van der Waals surface area contributed by atoms with E-state index in [4.69, 9.17) is 4.74 Å². The van der Waals surface area contributed by atoms with Gasteiger partial charge in [0.15, 0.2) is 0 Å². The molecule has 160 valence electrons. The van der Waals surface area contributed by atoms with Crippen LogP contribution in [0.2, 0.25) is 0 Å². The highest BCUT2D eigenvalue weighted by molar-refractivity contribution is 7.89. The summed E-state index contributed by atoms with van der Waals surface area (Å²) >= 11 is 0. The van der Waals surface area contributed by atoms with Crippen molar-refractivity contribution >= 4 is 28.0 Å². The zero-order chi connectivity index (χ0) is 22.0. The van der Waals surface area contributed by atoms with Crippen LogP contribution in [0, 0.1) is 0 Å². The lowest BCUT2D eigenvalue weighted by Gasteiger charge is -2.07. The predicted octanol–water partition coefficient (Wildman–Crippen LogP) is 1.73. The lowest BCUT2D eigenvalue weighted by atomic mass is 10.1. The Morgan fingerprint density at radius 1 is 1.00 bits per heavy atom. The van der Waals surface area contributed by atoms with Gasteiger partial charge in [-0.3, -0.25) is 4.79 Å². The highest BCUT2D eigenvalue weighted by Gasteiger charge is 2.12. The van der Waals surface area contributed by atoms with Gasteiger partial charge < -0.3 is 14.8 Å². The van der Waals surface area contributed by atoms with Crippen molar-refractivity contribution in [1.82, 2.24) is 10.0 Å². The molecule has 0 aliphatic heterocycles. The first kappa shape index (κ1) is 23.3. The quantitative estimate of drug-likeness (QED) is 0.336. The molecule has 1 amide bonds. The summed E-state index contributed by atoms with van der Waals surface area (Å²) in [5.74, 6) is -0.724. The lowest BCUT2D eigenvalue weighted by Crippen LogP contribution is -2.27. The molecule has 0 radical (unpaired) electrons. The molecular formula is C21H24N2O6S. The summed E-state index contributed by atoms with van der Waals surface area (Å²) in [7, 11) is -0.782. The number of ether oxygens (including phenoxy) is 2. The van der Waals surface area contributed by atoms with Gasteiger partial charge in [0.1, 0.15) is 0 Å². The Balaban J connectivity index is 1.87. The number of rotatable bonds is 10. The average molecular weight is 432 g/mol. The number of hydrogen-bond donors (Lipinski definition) is 2. The average Bonchev–Trinajstić information content (AvgIpc) is 2.76. The molecule has 30 heavy (non-hydrogen) atoms. The van der Waals surface area contributed by atoms with E-state index in [1.165, 1.54) is 32.4 Å². The van der Waals surface area contributed by atoms with E-state index in [-0.39, 0.29) is 30.5 Å². The smallest absolute Gasteiger partial charge is 0.337 e. The Bertz CT molecular complexity index is 983. The molecule has 9 heteroatoms. The minimum Gasteiger partial charge on any atom is -0.465 e. The molecule has 0 fully saturated rings. The summed E-state index contributed by atoms with van der Waals surface area (Å²) in [6.07, 6.45) is 3.00. The molecule has 0 aliphatic carbocycles. The van der Waals surface area contributed by atoms with Gasteiger partial charge in [-0.2, -0.15) is 0 Å². The van der Waals surface area contributed by atoms with Crippen molar-refractivity contribution in [3.8, 4) is 0 Å². The Kier molecular flexibility index (Phi) is 8.72. The maximum Gasteiger partial charge on any atom is 0.337 e. The number of benzene rings is 2. The second-order valence-corrected chi connectivity index (χ2v) is 7.97. The van der Waals surface area contributed by atoms with Gasteiger partial charge in [-0.25, -0.2) is 17.9 Å². The number of carbonyl (C=O) groups is 2. The van der Waals surface area contributed by atoms with Gasteiger partial charge in [0.05, 0.1) is 24.2 Å². The molecule has 2 rings (SSSR count). The number of esters is 1. The number of carbonyl (C=O) groups excluding carboxylic acids is 2. The highest BCUT2D eigenvalue weighted by Crippen LogP contribution is 2.11. The molecular weight excluding hydrogens is 408 g/mol.